The van der Waals surface area contributed by atoms with Gasteiger partial charge in [-0.25, -0.2) is 9.78 Å². The summed E-state index contributed by atoms with van der Waals surface area (Å²) in [4.78, 5) is 15.1. The monoisotopic (exact) mass is 304 g/mol. The number of hydrogen-bond acceptors (Lipinski definition) is 3. The van der Waals surface area contributed by atoms with E-state index in [0.29, 0.717) is 18.5 Å². The zero-order valence-electron chi connectivity index (χ0n) is 12.2. The van der Waals surface area contributed by atoms with E-state index in [-0.39, 0.29) is 11.4 Å². The van der Waals surface area contributed by atoms with Gasteiger partial charge in [0.05, 0.1) is 5.69 Å². The van der Waals surface area contributed by atoms with Crippen LogP contribution in [0.15, 0.2) is 12.1 Å². The first kappa shape index (κ1) is 17.3. The zero-order valence-corrected chi connectivity index (χ0v) is 12.2. The van der Waals surface area contributed by atoms with Gasteiger partial charge in [-0.1, -0.05) is 27.2 Å². The van der Waals surface area contributed by atoms with E-state index in [4.69, 9.17) is 5.11 Å². The molecule has 2 unspecified atom stereocenters. The van der Waals surface area contributed by atoms with Crippen LogP contribution in [0.5, 0.6) is 0 Å². The molecule has 0 aliphatic heterocycles. The van der Waals surface area contributed by atoms with Gasteiger partial charge < -0.3 is 10.4 Å². The molecule has 2 N–H and O–H groups in total. The van der Waals surface area contributed by atoms with Gasteiger partial charge in [0.1, 0.15) is 6.04 Å². The Morgan fingerprint density at radius 2 is 2.00 bits per heavy atom. The number of pyridine rings is 1. The van der Waals surface area contributed by atoms with E-state index in [1.165, 1.54) is 19.1 Å². The molecule has 7 heteroatoms. The van der Waals surface area contributed by atoms with E-state index in [0.717, 1.165) is 0 Å². The van der Waals surface area contributed by atoms with Crippen molar-refractivity contribution in [2.75, 3.05) is 5.32 Å². The normalized spacial score (nSPS) is 14.6. The number of rotatable bonds is 6. The van der Waals surface area contributed by atoms with Crippen LogP contribution in [0.25, 0.3) is 0 Å². The van der Waals surface area contributed by atoms with Crippen molar-refractivity contribution in [3.63, 3.8) is 0 Å². The van der Waals surface area contributed by atoms with E-state index < -0.39 is 24.1 Å². The number of nitrogens with zero attached hydrogens (tertiary/aromatic N) is 1. The predicted molar refractivity (Wildman–Crippen MR) is 73.5 cm³/mol. The average Bonchev–Trinajstić information content (AvgIpc) is 2.42. The molecule has 1 aromatic heterocycles. The fraction of sp³-hybridized carbons (Fsp3) is 0.571. The standard InChI is InChI=1S/C14H19F3N2O2/c1-4-8(3)12(14(15,16)17)19-10-7-6-9(5-2)18-11(10)13(20)21/h6-8,12,19H,4-5H2,1-3H3,(H,20,21). The second-order valence-electron chi connectivity index (χ2n) is 4.91. The molecule has 0 bridgehead atoms. The summed E-state index contributed by atoms with van der Waals surface area (Å²) in [6.07, 6.45) is -3.64. The van der Waals surface area contributed by atoms with Crippen LogP contribution in [0.2, 0.25) is 0 Å². The minimum Gasteiger partial charge on any atom is -0.476 e. The summed E-state index contributed by atoms with van der Waals surface area (Å²) in [7, 11) is 0. The number of halogens is 3. The van der Waals surface area contributed by atoms with Gasteiger partial charge in [-0.15, -0.1) is 0 Å². The van der Waals surface area contributed by atoms with Crippen molar-refractivity contribution in [1.82, 2.24) is 4.98 Å². The van der Waals surface area contributed by atoms with E-state index in [1.807, 2.05) is 0 Å². The van der Waals surface area contributed by atoms with Crippen molar-refractivity contribution < 1.29 is 23.1 Å². The Morgan fingerprint density at radius 3 is 2.43 bits per heavy atom. The van der Waals surface area contributed by atoms with Crippen molar-refractivity contribution in [2.45, 2.75) is 45.8 Å². The molecule has 1 rings (SSSR count). The highest BCUT2D eigenvalue weighted by atomic mass is 19.4. The Balaban J connectivity index is 3.17. The molecule has 0 fully saturated rings. The summed E-state index contributed by atoms with van der Waals surface area (Å²) in [5.41, 5.74) is 0.0271. The molecule has 0 aliphatic rings. The lowest BCUT2D eigenvalue weighted by Crippen LogP contribution is -2.41. The van der Waals surface area contributed by atoms with Gasteiger partial charge in [0.15, 0.2) is 5.69 Å². The Bertz CT molecular complexity index is 503. The van der Waals surface area contributed by atoms with Gasteiger partial charge in [-0.05, 0) is 24.5 Å². The van der Waals surface area contributed by atoms with Gasteiger partial charge in [0.25, 0.3) is 0 Å². The van der Waals surface area contributed by atoms with Gasteiger partial charge in [-0.3, -0.25) is 0 Å². The predicted octanol–water partition coefficient (Wildman–Crippen LogP) is 3.73. The summed E-state index contributed by atoms with van der Waals surface area (Å²) in [5, 5.41) is 11.4. The van der Waals surface area contributed by atoms with Crippen molar-refractivity contribution in [3.8, 4) is 0 Å². The fourth-order valence-corrected chi connectivity index (χ4v) is 1.93. The number of alkyl halides is 3. The second kappa shape index (κ2) is 6.78. The molecular weight excluding hydrogens is 285 g/mol. The third kappa shape index (κ3) is 4.34. The summed E-state index contributed by atoms with van der Waals surface area (Å²) in [6, 6.07) is 1.06. The van der Waals surface area contributed by atoms with Gasteiger partial charge in [-0.2, -0.15) is 13.2 Å². The van der Waals surface area contributed by atoms with E-state index in [1.54, 1.807) is 13.8 Å². The molecule has 0 spiro atoms. The molecule has 118 valence electrons. The van der Waals surface area contributed by atoms with Crippen LogP contribution < -0.4 is 5.32 Å². The summed E-state index contributed by atoms with van der Waals surface area (Å²) < 4.78 is 39.3. The van der Waals surface area contributed by atoms with Crippen LogP contribution >= 0.6 is 0 Å². The largest absolute Gasteiger partial charge is 0.476 e. The first-order valence-corrected chi connectivity index (χ1v) is 6.77. The molecule has 0 aromatic carbocycles. The van der Waals surface area contributed by atoms with Crippen LogP contribution in [0.3, 0.4) is 0 Å². The Morgan fingerprint density at radius 1 is 1.38 bits per heavy atom. The maximum absolute atomic E-state index is 13.1. The lowest BCUT2D eigenvalue weighted by atomic mass is 9.98. The first-order valence-electron chi connectivity index (χ1n) is 6.77. The molecule has 21 heavy (non-hydrogen) atoms. The molecule has 0 aliphatic carbocycles. The highest BCUT2D eigenvalue weighted by Crippen LogP contribution is 2.31. The van der Waals surface area contributed by atoms with Crippen LogP contribution in [0, 0.1) is 5.92 Å². The van der Waals surface area contributed by atoms with Crippen molar-refractivity contribution in [3.05, 3.63) is 23.5 Å². The number of carbonyl (C=O) groups is 1. The molecular formula is C14H19F3N2O2. The van der Waals surface area contributed by atoms with Gasteiger partial charge in [0.2, 0.25) is 0 Å². The Hall–Kier alpha value is -1.79. The fourth-order valence-electron chi connectivity index (χ4n) is 1.93. The number of anilines is 1. The Labute approximate surface area is 121 Å². The SMILES string of the molecule is CCc1ccc(NC(C(C)CC)C(F)(F)F)c(C(=O)O)n1. The first-order chi connectivity index (χ1) is 9.70. The number of aryl methyl sites for hydroxylation is 1. The van der Waals surface area contributed by atoms with Crippen LogP contribution in [0.4, 0.5) is 18.9 Å². The number of aromatic carboxylic acids is 1. The highest BCUT2D eigenvalue weighted by molar-refractivity contribution is 5.92. The Kier molecular flexibility index (Phi) is 5.57. The number of hydrogen-bond donors (Lipinski definition) is 2. The van der Waals surface area contributed by atoms with Crippen LogP contribution in [-0.2, 0) is 6.42 Å². The minimum atomic E-state index is -4.46. The molecule has 4 nitrogen and oxygen atoms in total. The molecule has 1 heterocycles. The smallest absolute Gasteiger partial charge is 0.408 e. The number of nitrogens with one attached hydrogen (secondary N) is 1. The van der Waals surface area contributed by atoms with Crippen molar-refractivity contribution >= 4 is 11.7 Å². The molecule has 2 atom stereocenters. The summed E-state index contributed by atoms with van der Waals surface area (Å²) in [5.74, 6) is -2.03. The van der Waals surface area contributed by atoms with Crippen molar-refractivity contribution in [2.24, 2.45) is 5.92 Å². The number of aromatic nitrogens is 1. The van der Waals surface area contributed by atoms with E-state index >= 15 is 0 Å². The van der Waals surface area contributed by atoms with E-state index in [9.17, 15) is 18.0 Å². The van der Waals surface area contributed by atoms with Gasteiger partial charge in [0, 0.05) is 5.69 Å². The van der Waals surface area contributed by atoms with Crippen LogP contribution in [0.1, 0.15) is 43.4 Å². The topological polar surface area (TPSA) is 62.2 Å². The quantitative estimate of drug-likeness (QED) is 0.840. The maximum atomic E-state index is 13.1. The third-order valence-corrected chi connectivity index (χ3v) is 3.39. The molecule has 0 saturated heterocycles. The van der Waals surface area contributed by atoms with E-state index in [2.05, 4.69) is 10.3 Å². The number of carboxylic acid groups (broad SMARTS) is 1. The van der Waals surface area contributed by atoms with Crippen LogP contribution in [-0.4, -0.2) is 28.3 Å². The summed E-state index contributed by atoms with van der Waals surface area (Å²) >= 11 is 0. The summed E-state index contributed by atoms with van der Waals surface area (Å²) in [6.45, 7) is 4.92. The highest BCUT2D eigenvalue weighted by Gasteiger charge is 2.43. The third-order valence-electron chi connectivity index (χ3n) is 3.39. The molecule has 0 saturated carbocycles. The number of carboxylic acids is 1. The molecule has 0 amide bonds. The minimum absolute atomic E-state index is 0.109. The molecule has 1 aromatic rings. The lowest BCUT2D eigenvalue weighted by molar-refractivity contribution is -0.152. The molecule has 0 radical (unpaired) electrons. The van der Waals surface area contributed by atoms with Gasteiger partial charge >= 0.3 is 12.1 Å². The zero-order chi connectivity index (χ0) is 16.2. The lowest BCUT2D eigenvalue weighted by Gasteiger charge is -2.28. The second-order valence-corrected chi connectivity index (χ2v) is 4.91. The van der Waals surface area contributed by atoms with Crippen molar-refractivity contribution in [1.29, 1.82) is 0 Å². The average molecular weight is 304 g/mol. The maximum Gasteiger partial charge on any atom is 0.408 e.